The van der Waals surface area contributed by atoms with Gasteiger partial charge in [-0.25, -0.2) is 4.98 Å². The maximum absolute atomic E-state index is 12.0. The minimum atomic E-state index is -0.136. The van der Waals surface area contributed by atoms with Crippen LogP contribution >= 0.6 is 11.3 Å². The second kappa shape index (κ2) is 8.17. The smallest absolute Gasteiger partial charge is 0.237 e. The van der Waals surface area contributed by atoms with E-state index in [0.29, 0.717) is 30.1 Å². The predicted octanol–water partition coefficient (Wildman–Crippen LogP) is 1.70. The minimum Gasteiger partial charge on any atom is -0.355 e. The van der Waals surface area contributed by atoms with E-state index in [1.54, 1.807) is 18.2 Å². The third-order valence-corrected chi connectivity index (χ3v) is 4.99. The van der Waals surface area contributed by atoms with Gasteiger partial charge >= 0.3 is 0 Å². The molecule has 0 unspecified atom stereocenters. The third-order valence-electron chi connectivity index (χ3n) is 4.05. The highest BCUT2D eigenvalue weighted by Crippen LogP contribution is 2.26. The highest BCUT2D eigenvalue weighted by molar-refractivity contribution is 7.22. The van der Waals surface area contributed by atoms with Crippen molar-refractivity contribution in [1.82, 2.24) is 15.6 Å². The normalized spacial score (nSPS) is 16.7. The fourth-order valence-electron chi connectivity index (χ4n) is 2.74. The van der Waals surface area contributed by atoms with E-state index in [1.807, 2.05) is 0 Å². The van der Waals surface area contributed by atoms with Gasteiger partial charge in [0.25, 0.3) is 0 Å². The minimum absolute atomic E-state index is 0.00932. The number of carbonyl (C=O) groups is 3. The molecule has 1 aliphatic rings. The average Bonchev–Trinajstić information content (AvgIpc) is 3.26. The number of rotatable bonds is 7. The van der Waals surface area contributed by atoms with E-state index in [0.717, 1.165) is 35.9 Å². The highest BCUT2D eigenvalue weighted by Gasteiger charge is 2.21. The SMILES string of the molecule is O=Cc1ccc2nc(NC(=O)CCCNC(=O)[C@H]3CCCN3)sc2c1. The van der Waals surface area contributed by atoms with E-state index in [-0.39, 0.29) is 17.9 Å². The summed E-state index contributed by atoms with van der Waals surface area (Å²) in [7, 11) is 0. The maximum Gasteiger partial charge on any atom is 0.237 e. The molecule has 2 heterocycles. The molecule has 25 heavy (non-hydrogen) atoms. The van der Waals surface area contributed by atoms with E-state index >= 15 is 0 Å². The van der Waals surface area contributed by atoms with Gasteiger partial charge in [0.2, 0.25) is 11.8 Å². The molecule has 3 N–H and O–H groups in total. The summed E-state index contributed by atoms with van der Waals surface area (Å²) in [6.07, 6.45) is 3.57. The van der Waals surface area contributed by atoms with Crippen molar-refractivity contribution in [2.45, 2.75) is 31.7 Å². The third kappa shape index (κ3) is 4.61. The number of anilines is 1. The maximum atomic E-state index is 12.0. The Balaban J connectivity index is 1.43. The number of hydrogen-bond donors (Lipinski definition) is 3. The van der Waals surface area contributed by atoms with Crippen molar-refractivity contribution in [3.8, 4) is 0 Å². The number of thiazole rings is 1. The lowest BCUT2D eigenvalue weighted by Gasteiger charge is -2.10. The van der Waals surface area contributed by atoms with Gasteiger partial charge in [0.15, 0.2) is 5.13 Å². The van der Waals surface area contributed by atoms with E-state index in [1.165, 1.54) is 11.3 Å². The van der Waals surface area contributed by atoms with Gasteiger partial charge in [0, 0.05) is 18.5 Å². The number of amides is 2. The molecule has 0 aliphatic carbocycles. The second-order valence-corrected chi connectivity index (χ2v) is 6.99. The molecule has 132 valence electrons. The number of nitrogens with one attached hydrogen (secondary N) is 3. The lowest BCUT2D eigenvalue weighted by atomic mass is 10.2. The van der Waals surface area contributed by atoms with E-state index in [2.05, 4.69) is 20.9 Å². The largest absolute Gasteiger partial charge is 0.355 e. The van der Waals surface area contributed by atoms with Crippen molar-refractivity contribution in [3.63, 3.8) is 0 Å². The van der Waals surface area contributed by atoms with Crippen LogP contribution in [-0.4, -0.2) is 42.2 Å². The molecule has 8 heteroatoms. The molecule has 2 amide bonds. The molecule has 0 radical (unpaired) electrons. The second-order valence-electron chi connectivity index (χ2n) is 5.96. The van der Waals surface area contributed by atoms with Gasteiger partial charge in [-0.2, -0.15) is 0 Å². The number of hydrogen-bond acceptors (Lipinski definition) is 6. The van der Waals surface area contributed by atoms with Crippen molar-refractivity contribution in [3.05, 3.63) is 23.8 Å². The molecular weight excluding hydrogens is 340 g/mol. The fraction of sp³-hybridized carbons (Fsp3) is 0.412. The highest BCUT2D eigenvalue weighted by atomic mass is 32.1. The first-order chi connectivity index (χ1) is 12.2. The number of aromatic nitrogens is 1. The summed E-state index contributed by atoms with van der Waals surface area (Å²) >= 11 is 1.34. The molecule has 1 atom stereocenters. The number of fused-ring (bicyclic) bond motifs is 1. The number of carbonyl (C=O) groups excluding carboxylic acids is 3. The Morgan fingerprint density at radius 3 is 3.04 bits per heavy atom. The quantitative estimate of drug-likeness (QED) is 0.515. The zero-order chi connectivity index (χ0) is 17.6. The summed E-state index contributed by atoms with van der Waals surface area (Å²) in [4.78, 5) is 38.9. The zero-order valence-electron chi connectivity index (χ0n) is 13.7. The number of aldehydes is 1. The van der Waals surface area contributed by atoms with Crippen molar-refractivity contribution < 1.29 is 14.4 Å². The summed E-state index contributed by atoms with van der Waals surface area (Å²) < 4.78 is 0.858. The van der Waals surface area contributed by atoms with Crippen LogP contribution in [0.3, 0.4) is 0 Å². The summed E-state index contributed by atoms with van der Waals surface area (Å²) in [5.74, 6) is -0.127. The predicted molar refractivity (Wildman–Crippen MR) is 96.9 cm³/mol. The molecule has 1 aromatic heterocycles. The van der Waals surface area contributed by atoms with Crippen LogP contribution in [0.15, 0.2) is 18.2 Å². The van der Waals surface area contributed by atoms with Gasteiger partial charge in [0.1, 0.15) is 6.29 Å². The summed E-state index contributed by atoms with van der Waals surface area (Å²) in [6.45, 7) is 1.37. The Labute approximate surface area is 149 Å². The fourth-order valence-corrected chi connectivity index (χ4v) is 3.67. The molecular formula is C17H20N4O3S. The number of nitrogens with zero attached hydrogens (tertiary/aromatic N) is 1. The Bertz CT molecular complexity index is 783. The average molecular weight is 360 g/mol. The van der Waals surface area contributed by atoms with Crippen molar-refractivity contribution >= 4 is 44.8 Å². The lowest BCUT2D eigenvalue weighted by molar-refractivity contribution is -0.123. The first-order valence-corrected chi connectivity index (χ1v) is 9.14. The molecule has 1 aromatic carbocycles. The van der Waals surface area contributed by atoms with Crippen LogP contribution in [0.2, 0.25) is 0 Å². The summed E-state index contributed by atoms with van der Waals surface area (Å²) in [6, 6.07) is 5.12. The van der Waals surface area contributed by atoms with Crippen molar-refractivity contribution in [1.29, 1.82) is 0 Å². The van der Waals surface area contributed by atoms with Gasteiger partial charge in [-0.15, -0.1) is 0 Å². The van der Waals surface area contributed by atoms with Gasteiger partial charge < -0.3 is 16.0 Å². The molecule has 2 aromatic rings. The van der Waals surface area contributed by atoms with Crippen LogP contribution in [0, 0.1) is 0 Å². The monoisotopic (exact) mass is 360 g/mol. The van der Waals surface area contributed by atoms with Crippen LogP contribution in [0.1, 0.15) is 36.0 Å². The molecule has 1 saturated heterocycles. The first-order valence-electron chi connectivity index (χ1n) is 8.32. The van der Waals surface area contributed by atoms with Gasteiger partial charge in [-0.05, 0) is 44.0 Å². The molecule has 0 saturated carbocycles. The van der Waals surface area contributed by atoms with Crippen LogP contribution in [0.25, 0.3) is 10.2 Å². The summed E-state index contributed by atoms with van der Waals surface area (Å²) in [5.41, 5.74) is 1.34. The lowest BCUT2D eigenvalue weighted by Crippen LogP contribution is -2.40. The van der Waals surface area contributed by atoms with E-state index in [9.17, 15) is 14.4 Å². The standard InChI is InChI=1S/C17H20N4O3S/c22-10-11-5-6-12-14(9-11)25-17(20-12)21-15(23)4-2-8-19-16(24)13-3-1-7-18-13/h5-6,9-10,13,18H,1-4,7-8H2,(H,19,24)(H,20,21,23)/t13-/m1/s1. The molecule has 1 fully saturated rings. The van der Waals surface area contributed by atoms with Crippen LogP contribution in [0.4, 0.5) is 5.13 Å². The van der Waals surface area contributed by atoms with Crippen LogP contribution < -0.4 is 16.0 Å². The zero-order valence-corrected chi connectivity index (χ0v) is 14.5. The molecule has 0 bridgehead atoms. The molecule has 0 spiro atoms. The van der Waals surface area contributed by atoms with Gasteiger partial charge in [-0.3, -0.25) is 14.4 Å². The molecule has 1 aliphatic heterocycles. The van der Waals surface area contributed by atoms with Crippen molar-refractivity contribution in [2.75, 3.05) is 18.4 Å². The topological polar surface area (TPSA) is 100 Å². The van der Waals surface area contributed by atoms with Crippen molar-refractivity contribution in [2.24, 2.45) is 0 Å². The Morgan fingerprint density at radius 1 is 1.40 bits per heavy atom. The molecule has 7 nitrogen and oxygen atoms in total. The number of benzene rings is 1. The molecule has 3 rings (SSSR count). The van der Waals surface area contributed by atoms with Crippen LogP contribution in [0.5, 0.6) is 0 Å². The van der Waals surface area contributed by atoms with Crippen LogP contribution in [-0.2, 0) is 9.59 Å². The Kier molecular flexibility index (Phi) is 5.72. The van der Waals surface area contributed by atoms with Gasteiger partial charge in [-0.1, -0.05) is 11.3 Å². The Hall–Kier alpha value is -2.32. The van der Waals surface area contributed by atoms with E-state index in [4.69, 9.17) is 0 Å². The van der Waals surface area contributed by atoms with Gasteiger partial charge in [0.05, 0.1) is 16.3 Å². The van der Waals surface area contributed by atoms with E-state index < -0.39 is 0 Å². The summed E-state index contributed by atoms with van der Waals surface area (Å²) in [5, 5.41) is 9.27. The first kappa shape index (κ1) is 17.5. The Morgan fingerprint density at radius 2 is 2.28 bits per heavy atom.